The number of likely N-dealkylation sites (tertiary alicyclic amines) is 1. The van der Waals surface area contributed by atoms with Gasteiger partial charge in [0.25, 0.3) is 0 Å². The summed E-state index contributed by atoms with van der Waals surface area (Å²) in [5, 5.41) is 8.71. The molecule has 0 amide bonds. The molecule has 19 heavy (non-hydrogen) atoms. The largest absolute Gasteiger partial charge is 0.481 e. The molecule has 2 fully saturated rings. The summed E-state index contributed by atoms with van der Waals surface area (Å²) in [6.45, 7) is 0.916. The van der Waals surface area contributed by atoms with E-state index >= 15 is 0 Å². The molecule has 1 aliphatic carbocycles. The van der Waals surface area contributed by atoms with Crippen molar-refractivity contribution in [3.8, 4) is 0 Å². The lowest BCUT2D eigenvalue weighted by atomic mass is 9.93. The predicted molar refractivity (Wildman–Crippen MR) is 72.9 cm³/mol. The molecule has 0 radical (unpaired) electrons. The van der Waals surface area contributed by atoms with Gasteiger partial charge in [-0.25, -0.2) is 8.42 Å². The SMILES string of the molecule is CS(=O)(=O)C1CCCC(N2CCCC2CC(=O)O)C1. The zero-order chi connectivity index (χ0) is 14.0. The predicted octanol–water partition coefficient (Wildman–Crippen LogP) is 1.28. The van der Waals surface area contributed by atoms with Gasteiger partial charge in [-0.3, -0.25) is 9.69 Å². The number of nitrogens with zero attached hydrogens (tertiary/aromatic N) is 1. The fourth-order valence-electron chi connectivity index (χ4n) is 3.57. The highest BCUT2D eigenvalue weighted by atomic mass is 32.2. The summed E-state index contributed by atoms with van der Waals surface area (Å²) < 4.78 is 23.4. The molecule has 3 unspecified atom stereocenters. The highest BCUT2D eigenvalue weighted by molar-refractivity contribution is 7.91. The lowest BCUT2D eigenvalue weighted by Crippen LogP contribution is -2.45. The highest BCUT2D eigenvalue weighted by Gasteiger charge is 2.37. The van der Waals surface area contributed by atoms with Crippen molar-refractivity contribution in [3.63, 3.8) is 0 Å². The first-order chi connectivity index (χ1) is 8.88. The molecule has 2 aliphatic rings. The summed E-state index contributed by atoms with van der Waals surface area (Å²) in [6.07, 6.45) is 6.81. The highest BCUT2D eigenvalue weighted by Crippen LogP contribution is 2.32. The monoisotopic (exact) mass is 289 g/mol. The number of aliphatic carboxylic acids is 1. The quantitative estimate of drug-likeness (QED) is 0.844. The molecule has 0 aromatic heterocycles. The molecule has 0 bridgehead atoms. The van der Waals surface area contributed by atoms with E-state index in [1.807, 2.05) is 0 Å². The molecule has 0 spiro atoms. The Morgan fingerprint density at radius 1 is 1.26 bits per heavy atom. The number of sulfone groups is 1. The maximum atomic E-state index is 11.7. The lowest BCUT2D eigenvalue weighted by molar-refractivity contribution is -0.138. The standard InChI is InChI=1S/C13H23NO4S/c1-19(17,18)12-6-2-4-10(8-12)14-7-3-5-11(14)9-13(15)16/h10-12H,2-9H2,1H3,(H,15,16). The van der Waals surface area contributed by atoms with Crippen LogP contribution in [0.1, 0.15) is 44.9 Å². The molecule has 1 N–H and O–H groups in total. The van der Waals surface area contributed by atoms with Crippen molar-refractivity contribution in [1.82, 2.24) is 4.90 Å². The molecule has 3 atom stereocenters. The van der Waals surface area contributed by atoms with E-state index in [0.717, 1.165) is 38.6 Å². The molecule has 0 aromatic rings. The van der Waals surface area contributed by atoms with Gasteiger partial charge in [0.2, 0.25) is 0 Å². The Balaban J connectivity index is 2.02. The van der Waals surface area contributed by atoms with Crippen LogP contribution in [0.15, 0.2) is 0 Å². The van der Waals surface area contributed by atoms with E-state index in [-0.39, 0.29) is 23.8 Å². The molecule has 5 nitrogen and oxygen atoms in total. The summed E-state index contributed by atoms with van der Waals surface area (Å²) in [6, 6.07) is 0.348. The molecule has 1 heterocycles. The average Bonchev–Trinajstić information content (AvgIpc) is 2.75. The first-order valence-corrected chi connectivity index (χ1v) is 9.00. The third-order valence-corrected chi connectivity index (χ3v) is 6.15. The maximum absolute atomic E-state index is 11.7. The normalized spacial score (nSPS) is 33.4. The van der Waals surface area contributed by atoms with E-state index in [2.05, 4.69) is 4.90 Å². The zero-order valence-electron chi connectivity index (χ0n) is 11.4. The minimum absolute atomic E-state index is 0.0980. The Morgan fingerprint density at radius 3 is 2.63 bits per heavy atom. The summed E-state index contributed by atoms with van der Waals surface area (Å²) in [5.41, 5.74) is 0. The average molecular weight is 289 g/mol. The van der Waals surface area contributed by atoms with E-state index < -0.39 is 15.8 Å². The third-order valence-electron chi connectivity index (χ3n) is 4.51. The second-order valence-corrected chi connectivity index (χ2v) is 8.23. The van der Waals surface area contributed by atoms with Gasteiger partial charge >= 0.3 is 5.97 Å². The van der Waals surface area contributed by atoms with Crippen LogP contribution in [0.25, 0.3) is 0 Å². The van der Waals surface area contributed by atoms with Gasteiger partial charge < -0.3 is 5.11 Å². The smallest absolute Gasteiger partial charge is 0.304 e. The first kappa shape index (κ1) is 14.8. The zero-order valence-corrected chi connectivity index (χ0v) is 12.2. The minimum Gasteiger partial charge on any atom is -0.481 e. The van der Waals surface area contributed by atoms with Gasteiger partial charge in [0, 0.05) is 18.3 Å². The number of rotatable bonds is 4. The van der Waals surface area contributed by atoms with E-state index in [1.54, 1.807) is 0 Å². The summed E-state index contributed by atoms with van der Waals surface area (Å²) in [4.78, 5) is 13.1. The molecule has 6 heteroatoms. The van der Waals surface area contributed by atoms with Crippen molar-refractivity contribution in [2.75, 3.05) is 12.8 Å². The van der Waals surface area contributed by atoms with Crippen LogP contribution in [-0.2, 0) is 14.6 Å². The topological polar surface area (TPSA) is 74.7 Å². The second kappa shape index (κ2) is 5.79. The van der Waals surface area contributed by atoms with Gasteiger partial charge in [-0.2, -0.15) is 0 Å². The van der Waals surface area contributed by atoms with Crippen LogP contribution >= 0.6 is 0 Å². The van der Waals surface area contributed by atoms with E-state index in [4.69, 9.17) is 5.11 Å². The molecular formula is C13H23NO4S. The first-order valence-electron chi connectivity index (χ1n) is 7.04. The van der Waals surface area contributed by atoms with Crippen LogP contribution in [0.2, 0.25) is 0 Å². The number of carboxylic acids is 1. The molecule has 1 aliphatic heterocycles. The summed E-state index contributed by atoms with van der Waals surface area (Å²) in [5.74, 6) is -0.757. The lowest BCUT2D eigenvalue weighted by Gasteiger charge is -2.37. The van der Waals surface area contributed by atoms with Gasteiger partial charge in [0.1, 0.15) is 9.84 Å². The Hall–Kier alpha value is -0.620. The second-order valence-electron chi connectivity index (χ2n) is 5.90. The Bertz CT molecular complexity index is 434. The van der Waals surface area contributed by atoms with Crippen molar-refractivity contribution in [2.24, 2.45) is 0 Å². The van der Waals surface area contributed by atoms with Crippen molar-refractivity contribution in [2.45, 2.75) is 62.3 Å². The van der Waals surface area contributed by atoms with Crippen LogP contribution in [0.5, 0.6) is 0 Å². The van der Waals surface area contributed by atoms with Gasteiger partial charge in [0.05, 0.1) is 11.7 Å². The van der Waals surface area contributed by atoms with Crippen LogP contribution in [0, 0.1) is 0 Å². The molecule has 2 rings (SSSR count). The number of carboxylic acid groups (broad SMARTS) is 1. The van der Waals surface area contributed by atoms with Gasteiger partial charge in [-0.15, -0.1) is 0 Å². The molecule has 1 saturated heterocycles. The van der Waals surface area contributed by atoms with Crippen molar-refractivity contribution in [3.05, 3.63) is 0 Å². The van der Waals surface area contributed by atoms with Crippen LogP contribution < -0.4 is 0 Å². The molecular weight excluding hydrogens is 266 g/mol. The van der Waals surface area contributed by atoms with E-state index in [0.29, 0.717) is 6.42 Å². The number of hydrogen-bond acceptors (Lipinski definition) is 4. The molecule has 110 valence electrons. The summed E-state index contributed by atoms with van der Waals surface area (Å²) >= 11 is 0. The van der Waals surface area contributed by atoms with Gasteiger partial charge in [-0.05, 0) is 38.6 Å². The van der Waals surface area contributed by atoms with Crippen LogP contribution in [0.3, 0.4) is 0 Å². The van der Waals surface area contributed by atoms with Crippen molar-refractivity contribution < 1.29 is 18.3 Å². The number of hydrogen-bond donors (Lipinski definition) is 1. The van der Waals surface area contributed by atoms with Crippen LogP contribution in [0.4, 0.5) is 0 Å². The summed E-state index contributed by atoms with van der Waals surface area (Å²) in [7, 11) is -2.97. The maximum Gasteiger partial charge on any atom is 0.304 e. The fraction of sp³-hybridized carbons (Fsp3) is 0.923. The fourth-order valence-corrected chi connectivity index (χ4v) is 4.74. The Kier molecular flexibility index (Phi) is 4.50. The Morgan fingerprint density at radius 2 is 2.00 bits per heavy atom. The minimum atomic E-state index is -2.97. The molecule has 1 saturated carbocycles. The van der Waals surface area contributed by atoms with Gasteiger partial charge in [0.15, 0.2) is 0 Å². The van der Waals surface area contributed by atoms with Crippen molar-refractivity contribution in [1.29, 1.82) is 0 Å². The molecule has 0 aromatic carbocycles. The van der Waals surface area contributed by atoms with Gasteiger partial charge in [-0.1, -0.05) is 6.42 Å². The van der Waals surface area contributed by atoms with E-state index in [1.165, 1.54) is 6.26 Å². The Labute approximate surface area is 114 Å². The number of carbonyl (C=O) groups is 1. The van der Waals surface area contributed by atoms with E-state index in [9.17, 15) is 13.2 Å². The third kappa shape index (κ3) is 3.69. The van der Waals surface area contributed by atoms with Crippen LogP contribution in [-0.4, -0.2) is 54.5 Å². The van der Waals surface area contributed by atoms with Crippen molar-refractivity contribution >= 4 is 15.8 Å².